The molecule has 0 amide bonds. The zero-order valence-electron chi connectivity index (χ0n) is 16.6. The van der Waals surface area contributed by atoms with E-state index in [4.69, 9.17) is 9.47 Å². The van der Waals surface area contributed by atoms with E-state index in [1.165, 1.54) is 31.2 Å². The Bertz CT molecular complexity index is 551. The van der Waals surface area contributed by atoms with Gasteiger partial charge in [-0.15, -0.1) is 0 Å². The predicted molar refractivity (Wildman–Crippen MR) is 104 cm³/mol. The van der Waals surface area contributed by atoms with Crippen molar-refractivity contribution in [1.82, 2.24) is 0 Å². The molecule has 4 heteroatoms. The van der Waals surface area contributed by atoms with Crippen molar-refractivity contribution in [1.29, 1.82) is 0 Å². The van der Waals surface area contributed by atoms with Crippen LogP contribution in [0.5, 0.6) is 5.75 Å². The second kappa shape index (κ2) is 13.4. The zero-order valence-corrected chi connectivity index (χ0v) is 16.6. The Morgan fingerprint density at radius 2 is 1.46 bits per heavy atom. The maximum absolute atomic E-state index is 11.8. The van der Waals surface area contributed by atoms with Crippen LogP contribution in [0.15, 0.2) is 18.2 Å². The maximum Gasteiger partial charge on any atom is 0.311 e. The van der Waals surface area contributed by atoms with Crippen LogP contribution in [0.3, 0.4) is 0 Å². The third-order valence-electron chi connectivity index (χ3n) is 4.48. The van der Waals surface area contributed by atoms with Gasteiger partial charge in [0, 0.05) is 12.8 Å². The molecule has 0 aliphatic heterocycles. The summed E-state index contributed by atoms with van der Waals surface area (Å²) in [5.74, 6) is 0.159. The van der Waals surface area contributed by atoms with Crippen molar-refractivity contribution < 1.29 is 19.1 Å². The van der Waals surface area contributed by atoms with Gasteiger partial charge >= 0.3 is 11.9 Å². The van der Waals surface area contributed by atoms with Gasteiger partial charge in [-0.2, -0.15) is 0 Å². The largest absolute Gasteiger partial charge is 0.466 e. The first-order valence-electron chi connectivity index (χ1n) is 9.96. The van der Waals surface area contributed by atoms with Gasteiger partial charge in [0.2, 0.25) is 0 Å². The van der Waals surface area contributed by atoms with Crippen molar-refractivity contribution in [3.63, 3.8) is 0 Å². The quantitative estimate of drug-likeness (QED) is 0.258. The standard InChI is InChI=1S/C22H34O4/c1-4-5-6-7-8-11-16-25-21(23)12-9-10-13-22(24)26-20-15-14-18(2)19(3)17-20/h14-15,17H,4-13,16H2,1-3H3. The van der Waals surface area contributed by atoms with Crippen LogP contribution < -0.4 is 4.74 Å². The Hall–Kier alpha value is -1.84. The van der Waals surface area contributed by atoms with Crippen molar-refractivity contribution >= 4 is 11.9 Å². The first-order valence-corrected chi connectivity index (χ1v) is 9.96. The summed E-state index contributed by atoms with van der Waals surface area (Å²) >= 11 is 0. The number of carbonyl (C=O) groups excluding carboxylic acids is 2. The molecule has 0 radical (unpaired) electrons. The van der Waals surface area contributed by atoms with Crippen molar-refractivity contribution in [2.75, 3.05) is 6.61 Å². The van der Waals surface area contributed by atoms with Crippen molar-refractivity contribution in [2.24, 2.45) is 0 Å². The molecule has 1 rings (SSSR count). The number of esters is 2. The Balaban J connectivity index is 2.04. The molecule has 26 heavy (non-hydrogen) atoms. The summed E-state index contributed by atoms with van der Waals surface area (Å²) < 4.78 is 10.5. The molecule has 0 atom stereocenters. The van der Waals surface area contributed by atoms with E-state index in [9.17, 15) is 9.59 Å². The lowest BCUT2D eigenvalue weighted by Crippen LogP contribution is -2.09. The van der Waals surface area contributed by atoms with E-state index in [1.54, 1.807) is 6.07 Å². The highest BCUT2D eigenvalue weighted by Crippen LogP contribution is 2.17. The van der Waals surface area contributed by atoms with Gasteiger partial charge in [0.25, 0.3) is 0 Å². The number of ether oxygens (including phenoxy) is 2. The van der Waals surface area contributed by atoms with E-state index in [1.807, 2.05) is 26.0 Å². The van der Waals surface area contributed by atoms with Crippen molar-refractivity contribution in [2.45, 2.75) is 85.0 Å². The summed E-state index contributed by atoms with van der Waals surface area (Å²) in [5, 5.41) is 0. The Morgan fingerprint density at radius 1 is 0.808 bits per heavy atom. The van der Waals surface area contributed by atoms with E-state index in [2.05, 4.69) is 6.92 Å². The lowest BCUT2D eigenvalue weighted by atomic mass is 10.1. The summed E-state index contributed by atoms with van der Waals surface area (Å²) in [5.41, 5.74) is 2.27. The van der Waals surface area contributed by atoms with Crippen LogP contribution in [0.1, 0.15) is 82.3 Å². The number of aryl methyl sites for hydroxylation is 2. The molecule has 4 nitrogen and oxygen atoms in total. The number of benzene rings is 1. The van der Waals surface area contributed by atoms with Gasteiger partial charge < -0.3 is 9.47 Å². The second-order valence-corrected chi connectivity index (χ2v) is 6.92. The molecule has 0 fully saturated rings. The fourth-order valence-corrected chi connectivity index (χ4v) is 2.64. The minimum Gasteiger partial charge on any atom is -0.466 e. The molecule has 0 heterocycles. The SMILES string of the molecule is CCCCCCCCOC(=O)CCCCC(=O)Oc1ccc(C)c(C)c1. The van der Waals surface area contributed by atoms with E-state index in [0.717, 1.165) is 18.4 Å². The van der Waals surface area contributed by atoms with Gasteiger partial charge in [-0.3, -0.25) is 9.59 Å². The zero-order chi connectivity index (χ0) is 19.2. The van der Waals surface area contributed by atoms with E-state index in [-0.39, 0.29) is 11.9 Å². The van der Waals surface area contributed by atoms with Gasteiger partial charge in [-0.25, -0.2) is 0 Å². The molecule has 0 unspecified atom stereocenters. The summed E-state index contributed by atoms with van der Waals surface area (Å²) in [4.78, 5) is 23.5. The number of hydrogen-bond acceptors (Lipinski definition) is 4. The summed E-state index contributed by atoms with van der Waals surface area (Å²) in [6.07, 6.45) is 9.04. The molecule has 0 saturated heterocycles. The fourth-order valence-electron chi connectivity index (χ4n) is 2.64. The minimum absolute atomic E-state index is 0.166. The average molecular weight is 363 g/mol. The normalized spacial score (nSPS) is 10.6. The fraction of sp³-hybridized carbons (Fsp3) is 0.636. The van der Waals surface area contributed by atoms with Crippen LogP contribution in [0.2, 0.25) is 0 Å². The molecular weight excluding hydrogens is 328 g/mol. The number of carbonyl (C=O) groups is 2. The second-order valence-electron chi connectivity index (χ2n) is 6.92. The highest BCUT2D eigenvalue weighted by atomic mass is 16.5. The van der Waals surface area contributed by atoms with Crippen molar-refractivity contribution in [3.05, 3.63) is 29.3 Å². The van der Waals surface area contributed by atoms with Crippen LogP contribution in [-0.2, 0) is 14.3 Å². The Kier molecular flexibility index (Phi) is 11.4. The lowest BCUT2D eigenvalue weighted by molar-refractivity contribution is -0.144. The summed E-state index contributed by atoms with van der Waals surface area (Å²) in [7, 11) is 0. The third-order valence-corrected chi connectivity index (χ3v) is 4.48. The minimum atomic E-state index is -0.256. The molecule has 0 spiro atoms. The summed E-state index contributed by atoms with van der Waals surface area (Å²) in [6, 6.07) is 5.62. The molecule has 146 valence electrons. The highest BCUT2D eigenvalue weighted by Gasteiger charge is 2.08. The van der Waals surface area contributed by atoms with Gasteiger partial charge in [0.15, 0.2) is 0 Å². The van der Waals surface area contributed by atoms with Gasteiger partial charge in [0.1, 0.15) is 5.75 Å². The molecular formula is C22H34O4. The molecule has 0 saturated carbocycles. The number of unbranched alkanes of at least 4 members (excludes halogenated alkanes) is 6. The van der Waals surface area contributed by atoms with Crippen molar-refractivity contribution in [3.8, 4) is 5.75 Å². The van der Waals surface area contributed by atoms with E-state index in [0.29, 0.717) is 38.0 Å². The average Bonchev–Trinajstić information content (AvgIpc) is 2.61. The van der Waals surface area contributed by atoms with Gasteiger partial charge in [-0.1, -0.05) is 45.1 Å². The van der Waals surface area contributed by atoms with Gasteiger partial charge in [0.05, 0.1) is 6.61 Å². The smallest absolute Gasteiger partial charge is 0.311 e. The van der Waals surface area contributed by atoms with Crippen LogP contribution in [0.4, 0.5) is 0 Å². The molecule has 0 aliphatic carbocycles. The topological polar surface area (TPSA) is 52.6 Å². The van der Waals surface area contributed by atoms with Crippen LogP contribution in [0, 0.1) is 13.8 Å². The highest BCUT2D eigenvalue weighted by molar-refractivity contribution is 5.72. The Labute approximate surface area is 158 Å². The molecule has 0 bridgehead atoms. The maximum atomic E-state index is 11.8. The van der Waals surface area contributed by atoms with E-state index >= 15 is 0 Å². The first-order chi connectivity index (χ1) is 12.5. The third kappa shape index (κ3) is 10.2. The number of hydrogen-bond donors (Lipinski definition) is 0. The molecule has 0 N–H and O–H groups in total. The van der Waals surface area contributed by atoms with Crippen LogP contribution in [-0.4, -0.2) is 18.5 Å². The molecule has 0 aromatic heterocycles. The number of rotatable bonds is 13. The van der Waals surface area contributed by atoms with E-state index < -0.39 is 0 Å². The van der Waals surface area contributed by atoms with Crippen LogP contribution >= 0.6 is 0 Å². The molecule has 0 aliphatic rings. The monoisotopic (exact) mass is 362 g/mol. The Morgan fingerprint density at radius 3 is 2.15 bits per heavy atom. The first kappa shape index (κ1) is 22.2. The summed E-state index contributed by atoms with van der Waals surface area (Å²) in [6.45, 7) is 6.72. The predicted octanol–water partition coefficient (Wildman–Crippen LogP) is 5.67. The molecule has 1 aromatic rings. The molecule has 1 aromatic carbocycles. The van der Waals surface area contributed by atoms with Crippen LogP contribution in [0.25, 0.3) is 0 Å². The van der Waals surface area contributed by atoms with Gasteiger partial charge in [-0.05, 0) is 56.4 Å². The lowest BCUT2D eigenvalue weighted by Gasteiger charge is -2.07.